The molecule has 1 aliphatic rings. The highest BCUT2D eigenvalue weighted by atomic mass is 16.6. The Bertz CT molecular complexity index is 518. The maximum Gasteiger partial charge on any atom is 0.407 e. The van der Waals surface area contributed by atoms with E-state index >= 15 is 0 Å². The summed E-state index contributed by atoms with van der Waals surface area (Å²) in [6.07, 6.45) is 1.56. The van der Waals surface area contributed by atoms with Gasteiger partial charge in [-0.25, -0.2) is 4.79 Å². The molecule has 3 rings (SSSR count). The Balaban J connectivity index is 2.00. The number of alkyl carbamates (subject to hydrolysis) is 1. The second kappa shape index (κ2) is 3.02. The van der Waals surface area contributed by atoms with Gasteiger partial charge < -0.3 is 15.0 Å². The molecular weight excluding hydrogens is 192 g/mol. The maximum atomic E-state index is 10.9. The molecule has 1 fully saturated rings. The monoisotopic (exact) mass is 202 g/mol. The van der Waals surface area contributed by atoms with Crippen LogP contribution in [-0.4, -0.2) is 17.7 Å². The fourth-order valence-electron chi connectivity index (χ4n) is 1.85. The summed E-state index contributed by atoms with van der Waals surface area (Å²) < 4.78 is 4.85. The van der Waals surface area contributed by atoms with E-state index in [4.69, 9.17) is 4.74 Å². The summed E-state index contributed by atoms with van der Waals surface area (Å²) in [7, 11) is 0. The van der Waals surface area contributed by atoms with E-state index in [0.717, 1.165) is 11.1 Å². The number of aromatic nitrogens is 1. The molecule has 2 aromatic rings. The fourth-order valence-corrected chi connectivity index (χ4v) is 1.85. The van der Waals surface area contributed by atoms with Gasteiger partial charge in [0.15, 0.2) is 0 Å². The van der Waals surface area contributed by atoms with Crippen molar-refractivity contribution in [1.82, 2.24) is 10.3 Å². The summed E-state index contributed by atoms with van der Waals surface area (Å²) in [6.45, 7) is 0.408. The summed E-state index contributed by atoms with van der Waals surface area (Å²) >= 11 is 0. The number of rotatable bonds is 1. The number of cyclic esters (lactones) is 1. The van der Waals surface area contributed by atoms with Crippen LogP contribution in [-0.2, 0) is 4.74 Å². The van der Waals surface area contributed by atoms with Gasteiger partial charge in [-0.05, 0) is 23.1 Å². The number of hydrogen-bond acceptors (Lipinski definition) is 2. The molecule has 0 spiro atoms. The number of nitrogens with one attached hydrogen (secondary N) is 2. The van der Waals surface area contributed by atoms with Crippen LogP contribution in [0.15, 0.2) is 30.5 Å². The zero-order chi connectivity index (χ0) is 10.3. The molecule has 1 saturated heterocycles. The lowest BCUT2D eigenvalue weighted by atomic mass is 10.1. The van der Waals surface area contributed by atoms with Crippen molar-refractivity contribution in [2.45, 2.75) is 6.04 Å². The normalized spacial score (nSPS) is 20.3. The molecule has 15 heavy (non-hydrogen) atoms. The van der Waals surface area contributed by atoms with Gasteiger partial charge in [-0.3, -0.25) is 0 Å². The average Bonchev–Trinajstić information content (AvgIpc) is 2.84. The van der Waals surface area contributed by atoms with Crippen LogP contribution >= 0.6 is 0 Å². The standard InChI is InChI=1S/C11H10N2O2/c14-11-13-10(6-15-11)8-2-1-7-3-4-12-9(7)5-8/h1-5,10,12H,6H2,(H,13,14)/t10-/m0/s1. The Hall–Kier alpha value is -1.97. The largest absolute Gasteiger partial charge is 0.447 e. The first-order chi connectivity index (χ1) is 7.33. The number of carbonyl (C=O) groups excluding carboxylic acids is 1. The van der Waals surface area contributed by atoms with Crippen molar-refractivity contribution in [3.63, 3.8) is 0 Å². The molecule has 0 bridgehead atoms. The highest BCUT2D eigenvalue weighted by Crippen LogP contribution is 2.22. The van der Waals surface area contributed by atoms with Crippen molar-refractivity contribution >= 4 is 17.0 Å². The molecule has 76 valence electrons. The number of amides is 1. The molecule has 0 saturated carbocycles. The van der Waals surface area contributed by atoms with Gasteiger partial charge in [0.1, 0.15) is 6.61 Å². The summed E-state index contributed by atoms with van der Waals surface area (Å²) in [6, 6.07) is 8.07. The number of carbonyl (C=O) groups is 1. The first-order valence-corrected chi connectivity index (χ1v) is 4.83. The maximum absolute atomic E-state index is 10.9. The molecule has 4 nitrogen and oxygen atoms in total. The van der Waals surface area contributed by atoms with Gasteiger partial charge in [0.2, 0.25) is 0 Å². The summed E-state index contributed by atoms with van der Waals surface area (Å²) in [5.41, 5.74) is 2.14. The molecule has 1 aromatic heterocycles. The summed E-state index contributed by atoms with van der Waals surface area (Å²) in [4.78, 5) is 14.0. The predicted octanol–water partition coefficient (Wildman–Crippen LogP) is 1.95. The molecule has 4 heteroatoms. The summed E-state index contributed by atoms with van der Waals surface area (Å²) in [5.74, 6) is 0. The number of H-pyrrole nitrogens is 1. The minimum atomic E-state index is -0.341. The van der Waals surface area contributed by atoms with Gasteiger partial charge >= 0.3 is 6.09 Å². The lowest BCUT2D eigenvalue weighted by molar-refractivity contribution is 0.177. The van der Waals surface area contributed by atoms with Crippen molar-refractivity contribution < 1.29 is 9.53 Å². The van der Waals surface area contributed by atoms with Crippen LogP contribution in [0.3, 0.4) is 0 Å². The van der Waals surface area contributed by atoms with Crippen molar-refractivity contribution in [3.8, 4) is 0 Å². The Morgan fingerprint density at radius 1 is 1.33 bits per heavy atom. The third-order valence-corrected chi connectivity index (χ3v) is 2.65. The third kappa shape index (κ3) is 1.34. The summed E-state index contributed by atoms with van der Waals surface area (Å²) in [5, 5.41) is 3.92. The van der Waals surface area contributed by atoms with Gasteiger partial charge in [0, 0.05) is 11.7 Å². The number of benzene rings is 1. The first kappa shape index (κ1) is 8.35. The van der Waals surface area contributed by atoms with Crippen molar-refractivity contribution in [3.05, 3.63) is 36.0 Å². The molecule has 2 heterocycles. The molecule has 1 aromatic carbocycles. The number of aromatic amines is 1. The van der Waals surface area contributed by atoms with E-state index in [9.17, 15) is 4.79 Å². The van der Waals surface area contributed by atoms with E-state index in [0.29, 0.717) is 6.61 Å². The lowest BCUT2D eigenvalue weighted by Gasteiger charge is -2.07. The third-order valence-electron chi connectivity index (χ3n) is 2.65. The van der Waals surface area contributed by atoms with Crippen LogP contribution < -0.4 is 5.32 Å². The van der Waals surface area contributed by atoms with Gasteiger partial charge in [0.05, 0.1) is 6.04 Å². The Kier molecular flexibility index (Phi) is 1.68. The van der Waals surface area contributed by atoms with Crippen LogP contribution in [0.1, 0.15) is 11.6 Å². The van der Waals surface area contributed by atoms with Crippen LogP contribution in [0.25, 0.3) is 10.9 Å². The predicted molar refractivity (Wildman–Crippen MR) is 55.5 cm³/mol. The number of ether oxygens (including phenoxy) is 1. The zero-order valence-corrected chi connectivity index (χ0v) is 7.99. The molecule has 0 aliphatic carbocycles. The van der Waals surface area contributed by atoms with Gasteiger partial charge in [-0.1, -0.05) is 12.1 Å². The Morgan fingerprint density at radius 2 is 2.27 bits per heavy atom. The van der Waals surface area contributed by atoms with E-state index in [2.05, 4.69) is 10.3 Å². The second-order valence-electron chi connectivity index (χ2n) is 3.62. The van der Waals surface area contributed by atoms with E-state index < -0.39 is 0 Å². The van der Waals surface area contributed by atoms with Gasteiger partial charge in [0.25, 0.3) is 0 Å². The second-order valence-corrected chi connectivity index (χ2v) is 3.62. The Labute approximate surface area is 86.2 Å². The van der Waals surface area contributed by atoms with Gasteiger partial charge in [-0.2, -0.15) is 0 Å². The molecular formula is C11H10N2O2. The number of hydrogen-bond donors (Lipinski definition) is 2. The van der Waals surface area contributed by atoms with Crippen molar-refractivity contribution in [2.75, 3.05) is 6.61 Å². The molecule has 1 atom stereocenters. The van der Waals surface area contributed by atoms with E-state index in [1.807, 2.05) is 30.5 Å². The topological polar surface area (TPSA) is 54.1 Å². The quantitative estimate of drug-likeness (QED) is 0.742. The molecule has 0 unspecified atom stereocenters. The highest BCUT2D eigenvalue weighted by Gasteiger charge is 2.23. The van der Waals surface area contributed by atoms with Crippen LogP contribution in [0.4, 0.5) is 4.79 Å². The van der Waals surface area contributed by atoms with Crippen LogP contribution in [0.2, 0.25) is 0 Å². The molecule has 0 radical (unpaired) electrons. The van der Waals surface area contributed by atoms with E-state index in [-0.39, 0.29) is 12.1 Å². The smallest absolute Gasteiger partial charge is 0.407 e. The number of fused-ring (bicyclic) bond motifs is 1. The zero-order valence-electron chi connectivity index (χ0n) is 7.99. The molecule has 1 amide bonds. The van der Waals surface area contributed by atoms with Crippen molar-refractivity contribution in [1.29, 1.82) is 0 Å². The molecule has 2 N–H and O–H groups in total. The van der Waals surface area contributed by atoms with Crippen LogP contribution in [0.5, 0.6) is 0 Å². The molecule has 1 aliphatic heterocycles. The first-order valence-electron chi connectivity index (χ1n) is 4.83. The minimum absolute atomic E-state index is 0.0230. The lowest BCUT2D eigenvalue weighted by Crippen LogP contribution is -2.18. The SMILES string of the molecule is O=C1N[C@H](c2ccc3cc[nH]c3c2)CO1. The fraction of sp³-hybridized carbons (Fsp3) is 0.182. The van der Waals surface area contributed by atoms with Crippen molar-refractivity contribution in [2.24, 2.45) is 0 Å². The Morgan fingerprint density at radius 3 is 3.07 bits per heavy atom. The van der Waals surface area contributed by atoms with E-state index in [1.165, 1.54) is 5.39 Å². The van der Waals surface area contributed by atoms with E-state index in [1.54, 1.807) is 0 Å². The highest BCUT2D eigenvalue weighted by molar-refractivity contribution is 5.80. The average molecular weight is 202 g/mol. The minimum Gasteiger partial charge on any atom is -0.447 e. The van der Waals surface area contributed by atoms with Crippen LogP contribution in [0, 0.1) is 0 Å². The van der Waals surface area contributed by atoms with Gasteiger partial charge in [-0.15, -0.1) is 0 Å².